The maximum absolute atomic E-state index is 13.2. The fourth-order valence-corrected chi connectivity index (χ4v) is 3.75. The fourth-order valence-electron chi connectivity index (χ4n) is 3.75. The van der Waals surface area contributed by atoms with E-state index in [4.69, 9.17) is 9.47 Å². The lowest BCUT2D eigenvalue weighted by Crippen LogP contribution is -2.40. The maximum atomic E-state index is 13.2. The van der Waals surface area contributed by atoms with Crippen molar-refractivity contribution in [1.82, 2.24) is 4.90 Å². The first kappa shape index (κ1) is 18.6. The number of nitro benzene ring substituents is 1. The van der Waals surface area contributed by atoms with Gasteiger partial charge in [0.15, 0.2) is 6.10 Å². The Kier molecular flexibility index (Phi) is 5.11. The van der Waals surface area contributed by atoms with Crippen molar-refractivity contribution in [1.29, 1.82) is 0 Å². The Morgan fingerprint density at radius 3 is 2.50 bits per heavy atom. The van der Waals surface area contributed by atoms with Gasteiger partial charge in [0.2, 0.25) is 0 Å². The highest BCUT2D eigenvalue weighted by atomic mass is 16.6. The minimum Gasteiger partial charge on any atom is -0.356 e. The molecule has 0 aliphatic carbocycles. The lowest BCUT2D eigenvalue weighted by molar-refractivity contribution is -0.384. The molecule has 2 aromatic carbocycles. The molecule has 0 aromatic heterocycles. The maximum Gasteiger partial charge on any atom is 0.269 e. The van der Waals surface area contributed by atoms with Crippen LogP contribution in [0.2, 0.25) is 0 Å². The van der Waals surface area contributed by atoms with Gasteiger partial charge >= 0.3 is 0 Å². The predicted octanol–water partition coefficient (Wildman–Crippen LogP) is 3.76. The first-order valence-corrected chi connectivity index (χ1v) is 9.48. The van der Waals surface area contributed by atoms with Gasteiger partial charge in [-0.1, -0.05) is 43.7 Å². The number of ether oxygens (including phenoxy) is 2. The van der Waals surface area contributed by atoms with Crippen molar-refractivity contribution in [2.75, 3.05) is 6.61 Å². The van der Waals surface area contributed by atoms with E-state index in [0.29, 0.717) is 6.61 Å². The number of carbonyl (C=O) groups is 1. The van der Waals surface area contributed by atoms with Crippen LogP contribution in [0.25, 0.3) is 0 Å². The molecule has 4 rings (SSSR count). The molecule has 7 heteroatoms. The second kappa shape index (κ2) is 7.69. The van der Waals surface area contributed by atoms with Gasteiger partial charge in [0.1, 0.15) is 12.3 Å². The summed E-state index contributed by atoms with van der Waals surface area (Å²) in [6.45, 7) is 2.53. The molecular weight excluding hydrogens is 360 g/mol. The van der Waals surface area contributed by atoms with Crippen LogP contribution >= 0.6 is 0 Å². The van der Waals surface area contributed by atoms with Crippen molar-refractivity contribution in [2.45, 2.75) is 44.2 Å². The highest BCUT2D eigenvalue weighted by Gasteiger charge is 2.52. The Bertz CT molecular complexity index is 855. The minimum absolute atomic E-state index is 0.0207. The van der Waals surface area contributed by atoms with Crippen LogP contribution in [0.15, 0.2) is 54.6 Å². The van der Waals surface area contributed by atoms with Gasteiger partial charge in [0.05, 0.1) is 17.6 Å². The first-order chi connectivity index (χ1) is 13.6. The van der Waals surface area contributed by atoms with Crippen molar-refractivity contribution in [3.63, 3.8) is 0 Å². The largest absolute Gasteiger partial charge is 0.356 e. The first-order valence-electron chi connectivity index (χ1n) is 9.48. The number of epoxide rings is 1. The van der Waals surface area contributed by atoms with Crippen LogP contribution in [0.3, 0.4) is 0 Å². The van der Waals surface area contributed by atoms with Crippen molar-refractivity contribution in [3.8, 4) is 0 Å². The Morgan fingerprint density at radius 1 is 1.14 bits per heavy atom. The summed E-state index contributed by atoms with van der Waals surface area (Å²) in [4.78, 5) is 25.4. The summed E-state index contributed by atoms with van der Waals surface area (Å²) in [7, 11) is 0. The van der Waals surface area contributed by atoms with Gasteiger partial charge in [-0.05, 0) is 29.7 Å². The number of carbonyl (C=O) groups excluding carboxylic acids is 1. The van der Waals surface area contributed by atoms with E-state index in [1.165, 1.54) is 12.1 Å². The fraction of sp³-hybridized carbons (Fsp3) is 0.381. The van der Waals surface area contributed by atoms with Crippen LogP contribution in [-0.2, 0) is 14.3 Å². The molecule has 0 radical (unpaired) electrons. The van der Waals surface area contributed by atoms with E-state index < -0.39 is 11.0 Å². The molecule has 4 atom stereocenters. The molecule has 1 amide bonds. The Labute approximate surface area is 163 Å². The molecule has 7 nitrogen and oxygen atoms in total. The van der Waals surface area contributed by atoms with E-state index in [9.17, 15) is 14.9 Å². The number of nitrogens with zero attached hydrogens (tertiary/aromatic N) is 2. The third-order valence-corrected chi connectivity index (χ3v) is 5.23. The summed E-state index contributed by atoms with van der Waals surface area (Å²) >= 11 is 0. The predicted molar refractivity (Wildman–Crippen MR) is 101 cm³/mol. The third-order valence-electron chi connectivity index (χ3n) is 5.23. The third kappa shape index (κ3) is 3.50. The van der Waals surface area contributed by atoms with Gasteiger partial charge in [-0.25, -0.2) is 0 Å². The standard InChI is InChI=1S/C21H22N2O5/c1-2-6-18-22(17(13-27-18)14-7-4-3-5-8-14)21(24)20-19(28-20)15-9-11-16(12-10-15)23(25)26/h3-5,7-12,17-20H,2,6,13H2,1H3/t17-,18+,19-,20+/m0/s1. The zero-order valence-electron chi connectivity index (χ0n) is 15.6. The van der Waals surface area contributed by atoms with Gasteiger partial charge < -0.3 is 14.4 Å². The molecule has 2 heterocycles. The van der Waals surface area contributed by atoms with Crippen molar-refractivity contribution in [2.24, 2.45) is 0 Å². The summed E-state index contributed by atoms with van der Waals surface area (Å²) in [6.07, 6.45) is 0.475. The van der Waals surface area contributed by atoms with Crippen LogP contribution in [0.1, 0.15) is 43.0 Å². The quantitative estimate of drug-likeness (QED) is 0.431. The highest BCUT2D eigenvalue weighted by Crippen LogP contribution is 2.43. The molecule has 2 aliphatic rings. The number of nitro groups is 1. The Hall–Kier alpha value is -2.77. The molecular formula is C21H22N2O5. The van der Waals surface area contributed by atoms with Crippen LogP contribution in [0.4, 0.5) is 5.69 Å². The van der Waals surface area contributed by atoms with Crippen molar-refractivity contribution >= 4 is 11.6 Å². The van der Waals surface area contributed by atoms with Crippen LogP contribution < -0.4 is 0 Å². The lowest BCUT2D eigenvalue weighted by atomic mass is 10.0. The monoisotopic (exact) mass is 382 g/mol. The SMILES string of the molecule is CCC[C@H]1OC[C@@H](c2ccccc2)N1C(=O)[C@@H]1O[C@H]1c1ccc([N+](=O)[O-])cc1. The van der Waals surface area contributed by atoms with Crippen LogP contribution in [-0.4, -0.2) is 34.7 Å². The molecule has 0 unspecified atom stereocenters. The van der Waals surface area contributed by atoms with Gasteiger partial charge in [0, 0.05) is 12.1 Å². The smallest absolute Gasteiger partial charge is 0.269 e. The van der Waals surface area contributed by atoms with E-state index in [1.54, 1.807) is 12.1 Å². The van der Waals surface area contributed by atoms with Gasteiger partial charge in [0.25, 0.3) is 11.6 Å². The van der Waals surface area contributed by atoms with Crippen molar-refractivity contribution in [3.05, 3.63) is 75.8 Å². The lowest BCUT2D eigenvalue weighted by Gasteiger charge is -2.28. The Balaban J connectivity index is 1.52. The van der Waals surface area contributed by atoms with E-state index in [1.807, 2.05) is 35.2 Å². The number of rotatable bonds is 6. The molecule has 0 saturated carbocycles. The number of hydrogen-bond donors (Lipinski definition) is 0. The zero-order valence-corrected chi connectivity index (χ0v) is 15.6. The molecule has 2 saturated heterocycles. The summed E-state index contributed by atoms with van der Waals surface area (Å²) in [5.74, 6) is -0.0897. The van der Waals surface area contributed by atoms with Gasteiger partial charge in [-0.3, -0.25) is 14.9 Å². The average molecular weight is 382 g/mol. The zero-order chi connectivity index (χ0) is 19.7. The summed E-state index contributed by atoms with van der Waals surface area (Å²) in [5, 5.41) is 10.8. The molecule has 146 valence electrons. The molecule has 2 fully saturated rings. The summed E-state index contributed by atoms with van der Waals surface area (Å²) in [5.41, 5.74) is 1.83. The van der Waals surface area contributed by atoms with Gasteiger partial charge in [-0.2, -0.15) is 0 Å². The normalized spacial score (nSPS) is 26.2. The second-order valence-corrected chi connectivity index (χ2v) is 7.07. The molecule has 0 N–H and O–H groups in total. The van der Waals surface area contributed by atoms with Crippen LogP contribution in [0, 0.1) is 10.1 Å². The van der Waals surface area contributed by atoms with E-state index >= 15 is 0 Å². The minimum atomic E-state index is -0.575. The average Bonchev–Trinajstić information content (AvgIpc) is 3.42. The molecule has 0 spiro atoms. The summed E-state index contributed by atoms with van der Waals surface area (Å²) < 4.78 is 11.6. The van der Waals surface area contributed by atoms with E-state index in [0.717, 1.165) is 24.0 Å². The Morgan fingerprint density at radius 2 is 1.86 bits per heavy atom. The van der Waals surface area contributed by atoms with E-state index in [-0.39, 0.29) is 30.0 Å². The van der Waals surface area contributed by atoms with Crippen LogP contribution in [0.5, 0.6) is 0 Å². The molecule has 2 aromatic rings. The topological polar surface area (TPSA) is 85.2 Å². The number of benzene rings is 2. The summed E-state index contributed by atoms with van der Waals surface area (Å²) in [6, 6.07) is 15.9. The number of non-ortho nitro benzene ring substituents is 1. The number of amides is 1. The molecule has 28 heavy (non-hydrogen) atoms. The van der Waals surface area contributed by atoms with Gasteiger partial charge in [-0.15, -0.1) is 0 Å². The molecule has 0 bridgehead atoms. The highest BCUT2D eigenvalue weighted by molar-refractivity contribution is 5.85. The number of hydrogen-bond acceptors (Lipinski definition) is 5. The van der Waals surface area contributed by atoms with E-state index in [2.05, 4.69) is 6.92 Å². The molecule has 2 aliphatic heterocycles. The van der Waals surface area contributed by atoms with Crippen molar-refractivity contribution < 1.29 is 19.2 Å². The second-order valence-electron chi connectivity index (χ2n) is 7.07.